The van der Waals surface area contributed by atoms with E-state index in [1.807, 2.05) is 32.1 Å². The Kier molecular flexibility index (Phi) is 5.05. The second-order valence-electron chi connectivity index (χ2n) is 8.03. The lowest BCUT2D eigenvalue weighted by Gasteiger charge is -2.39. The van der Waals surface area contributed by atoms with Crippen LogP contribution in [0, 0.1) is 0 Å². The molecule has 150 valence electrons. The zero-order valence-electron chi connectivity index (χ0n) is 17.0. The van der Waals surface area contributed by atoms with Gasteiger partial charge in [-0.25, -0.2) is 15.0 Å². The van der Waals surface area contributed by atoms with E-state index >= 15 is 0 Å². The van der Waals surface area contributed by atoms with E-state index in [0.29, 0.717) is 6.54 Å². The molecule has 8 nitrogen and oxygen atoms in total. The quantitative estimate of drug-likeness (QED) is 0.826. The summed E-state index contributed by atoms with van der Waals surface area (Å²) in [7, 11) is 5.96. The maximum Gasteiger partial charge on any atom is 0.227 e. The number of piperidine rings is 1. The fourth-order valence-corrected chi connectivity index (χ4v) is 4.46. The summed E-state index contributed by atoms with van der Waals surface area (Å²) in [5.74, 6) is 2.53. The van der Waals surface area contributed by atoms with Crippen molar-refractivity contribution in [3.63, 3.8) is 0 Å². The molecule has 0 atom stereocenters. The summed E-state index contributed by atoms with van der Waals surface area (Å²) in [6.07, 6.45) is 7.80. The zero-order chi connectivity index (χ0) is 19.7. The molecule has 1 saturated heterocycles. The molecule has 1 aliphatic carbocycles. The highest BCUT2D eigenvalue weighted by Gasteiger charge is 2.45. The van der Waals surface area contributed by atoms with Gasteiger partial charge in [0.1, 0.15) is 5.82 Å². The molecule has 4 rings (SSSR count). The van der Waals surface area contributed by atoms with Crippen LogP contribution in [-0.2, 0) is 11.8 Å². The summed E-state index contributed by atoms with van der Waals surface area (Å²) in [4.78, 5) is 24.9. The Hall–Kier alpha value is -2.48. The summed E-state index contributed by atoms with van der Waals surface area (Å²) in [5, 5.41) is 9.39. The van der Waals surface area contributed by atoms with Crippen LogP contribution < -0.4 is 14.7 Å². The Bertz CT molecular complexity index is 819. The molecular formula is C20H29N7O. The number of aromatic nitrogens is 4. The Morgan fingerprint density at radius 3 is 2.43 bits per heavy atom. The first-order chi connectivity index (χ1) is 13.5. The Morgan fingerprint density at radius 2 is 1.79 bits per heavy atom. The molecule has 0 aromatic carbocycles. The maximum absolute atomic E-state index is 9.39. The van der Waals surface area contributed by atoms with Crippen LogP contribution in [0.3, 0.4) is 0 Å². The molecule has 2 aromatic rings. The van der Waals surface area contributed by atoms with Crippen molar-refractivity contribution < 1.29 is 5.11 Å². The minimum atomic E-state index is 0.100. The molecule has 2 aromatic heterocycles. The van der Waals surface area contributed by atoms with Crippen molar-refractivity contribution in [1.29, 1.82) is 0 Å². The van der Waals surface area contributed by atoms with E-state index in [1.165, 1.54) is 11.3 Å². The monoisotopic (exact) mass is 383 g/mol. The van der Waals surface area contributed by atoms with E-state index in [0.717, 1.165) is 56.5 Å². The van der Waals surface area contributed by atoms with Gasteiger partial charge in [-0.2, -0.15) is 4.98 Å². The molecule has 0 radical (unpaired) electrons. The topological polar surface area (TPSA) is 81.5 Å². The number of anilines is 3. The molecule has 0 saturated carbocycles. The smallest absolute Gasteiger partial charge is 0.227 e. The summed E-state index contributed by atoms with van der Waals surface area (Å²) >= 11 is 0. The average Bonchev–Trinajstić information content (AvgIpc) is 3.07. The number of fused-ring (bicyclic) bond motifs is 2. The van der Waals surface area contributed by atoms with Crippen molar-refractivity contribution in [3.8, 4) is 0 Å². The van der Waals surface area contributed by atoms with Crippen molar-refractivity contribution in [3.05, 3.63) is 29.7 Å². The van der Waals surface area contributed by atoms with Gasteiger partial charge in [0.2, 0.25) is 11.9 Å². The van der Waals surface area contributed by atoms with E-state index in [1.54, 1.807) is 12.4 Å². The van der Waals surface area contributed by atoms with E-state index in [-0.39, 0.29) is 12.0 Å². The number of hydrogen-bond acceptors (Lipinski definition) is 8. The largest absolute Gasteiger partial charge is 0.395 e. The van der Waals surface area contributed by atoms with E-state index in [4.69, 9.17) is 9.97 Å². The van der Waals surface area contributed by atoms with Crippen LogP contribution >= 0.6 is 0 Å². The van der Waals surface area contributed by atoms with E-state index < -0.39 is 0 Å². The first-order valence-corrected chi connectivity index (χ1v) is 9.97. The van der Waals surface area contributed by atoms with Gasteiger partial charge < -0.3 is 19.8 Å². The molecule has 1 aliphatic heterocycles. The SMILES string of the molecule is CN(C)c1nc(N(C)CCO)c2c(n1)C1(CC2)CCN(c2ncccn2)CC1. The number of likely N-dealkylation sites (N-methyl/N-ethyl adjacent to an activating group) is 1. The van der Waals surface area contributed by atoms with Gasteiger partial charge in [-0.15, -0.1) is 0 Å². The minimum Gasteiger partial charge on any atom is -0.395 e. The third-order valence-corrected chi connectivity index (χ3v) is 6.08. The third-order valence-electron chi connectivity index (χ3n) is 6.08. The molecule has 8 heteroatoms. The van der Waals surface area contributed by atoms with Gasteiger partial charge in [0.15, 0.2) is 0 Å². The maximum atomic E-state index is 9.39. The molecular weight excluding hydrogens is 354 g/mol. The molecule has 2 aliphatic rings. The van der Waals surface area contributed by atoms with Crippen LogP contribution in [0.1, 0.15) is 30.5 Å². The first kappa shape index (κ1) is 18.9. The minimum absolute atomic E-state index is 0.100. The lowest BCUT2D eigenvalue weighted by Crippen LogP contribution is -2.42. The fourth-order valence-electron chi connectivity index (χ4n) is 4.46. The second-order valence-corrected chi connectivity index (χ2v) is 8.03. The van der Waals surface area contributed by atoms with Gasteiger partial charge in [-0.05, 0) is 31.7 Å². The molecule has 1 fully saturated rings. The van der Waals surface area contributed by atoms with Crippen molar-refractivity contribution >= 4 is 17.7 Å². The summed E-state index contributed by atoms with van der Waals surface area (Å²) in [6.45, 7) is 2.56. The number of hydrogen-bond donors (Lipinski definition) is 1. The van der Waals surface area contributed by atoms with Crippen LogP contribution in [0.5, 0.6) is 0 Å². The normalized spacial score (nSPS) is 17.6. The number of aliphatic hydroxyl groups excluding tert-OH is 1. The number of aliphatic hydroxyl groups is 1. The van der Waals surface area contributed by atoms with Crippen LogP contribution in [0.25, 0.3) is 0 Å². The lowest BCUT2D eigenvalue weighted by molar-refractivity contribution is 0.303. The molecule has 3 heterocycles. The van der Waals surface area contributed by atoms with Crippen LogP contribution in [0.2, 0.25) is 0 Å². The molecule has 0 bridgehead atoms. The van der Waals surface area contributed by atoms with Crippen LogP contribution in [-0.4, -0.2) is 72.4 Å². The highest BCUT2D eigenvalue weighted by atomic mass is 16.3. The summed E-state index contributed by atoms with van der Waals surface area (Å²) in [5.41, 5.74) is 2.56. The van der Waals surface area contributed by atoms with Gasteiger partial charge in [-0.3, -0.25) is 0 Å². The fraction of sp³-hybridized carbons (Fsp3) is 0.600. The van der Waals surface area contributed by atoms with Crippen LogP contribution in [0.4, 0.5) is 17.7 Å². The summed E-state index contributed by atoms with van der Waals surface area (Å²) < 4.78 is 0. The van der Waals surface area contributed by atoms with Crippen molar-refractivity contribution in [2.75, 3.05) is 62.1 Å². The molecule has 1 spiro atoms. The highest BCUT2D eigenvalue weighted by Crippen LogP contribution is 2.48. The second kappa shape index (κ2) is 7.50. The van der Waals surface area contributed by atoms with Gasteiger partial charge in [0.25, 0.3) is 0 Å². The highest BCUT2D eigenvalue weighted by molar-refractivity contribution is 5.57. The van der Waals surface area contributed by atoms with E-state index in [2.05, 4.69) is 19.8 Å². The van der Waals surface area contributed by atoms with Crippen LogP contribution in [0.15, 0.2) is 18.5 Å². The predicted octanol–water partition coefficient (Wildman–Crippen LogP) is 1.25. The molecule has 0 unspecified atom stereocenters. The third kappa shape index (κ3) is 3.26. The lowest BCUT2D eigenvalue weighted by atomic mass is 9.76. The average molecular weight is 384 g/mol. The molecule has 28 heavy (non-hydrogen) atoms. The standard InChI is InChI=1S/C20H29N7O/c1-25(2)19-23-16-15(17(24-19)26(3)13-14-28)5-6-20(16)7-11-27(12-8-20)18-21-9-4-10-22-18/h4,9-10,28H,5-8,11-14H2,1-3H3. The van der Waals surface area contributed by atoms with Gasteiger partial charge in [0.05, 0.1) is 12.3 Å². The first-order valence-electron chi connectivity index (χ1n) is 9.97. The summed E-state index contributed by atoms with van der Waals surface area (Å²) in [6, 6.07) is 1.85. The Labute approximate surface area is 166 Å². The van der Waals surface area contributed by atoms with Gasteiger partial charge in [-0.1, -0.05) is 0 Å². The van der Waals surface area contributed by atoms with E-state index in [9.17, 15) is 5.11 Å². The van der Waals surface area contributed by atoms with Gasteiger partial charge in [0, 0.05) is 64.1 Å². The number of nitrogens with zero attached hydrogens (tertiary/aromatic N) is 7. The van der Waals surface area contributed by atoms with Crippen molar-refractivity contribution in [1.82, 2.24) is 19.9 Å². The Morgan fingerprint density at radius 1 is 1.07 bits per heavy atom. The Balaban J connectivity index is 1.65. The molecule has 1 N–H and O–H groups in total. The van der Waals surface area contributed by atoms with Gasteiger partial charge >= 0.3 is 0 Å². The molecule has 0 amide bonds. The number of rotatable bonds is 5. The van der Waals surface area contributed by atoms with Crippen molar-refractivity contribution in [2.24, 2.45) is 0 Å². The zero-order valence-corrected chi connectivity index (χ0v) is 17.0. The van der Waals surface area contributed by atoms with Crippen molar-refractivity contribution in [2.45, 2.75) is 31.1 Å². The predicted molar refractivity (Wildman–Crippen MR) is 110 cm³/mol.